The molecule has 1 heterocycles. The highest BCUT2D eigenvalue weighted by atomic mass is 16.5. The Morgan fingerprint density at radius 1 is 1.41 bits per heavy atom. The van der Waals surface area contributed by atoms with Gasteiger partial charge in [-0.2, -0.15) is 0 Å². The fourth-order valence-electron chi connectivity index (χ4n) is 1.80. The van der Waals surface area contributed by atoms with Crippen LogP contribution in [0.4, 0.5) is 0 Å². The molecule has 0 bridgehead atoms. The molecule has 0 aromatic carbocycles. The highest BCUT2D eigenvalue weighted by molar-refractivity contribution is 5.81. The zero-order valence-electron chi connectivity index (χ0n) is 10.4. The summed E-state index contributed by atoms with van der Waals surface area (Å²) in [5.74, 6) is -0.512. The summed E-state index contributed by atoms with van der Waals surface area (Å²) in [5.41, 5.74) is 0. The van der Waals surface area contributed by atoms with Crippen LogP contribution in [-0.4, -0.2) is 37.7 Å². The zero-order valence-corrected chi connectivity index (χ0v) is 10.4. The van der Waals surface area contributed by atoms with Gasteiger partial charge in [-0.05, 0) is 32.6 Å². The van der Waals surface area contributed by atoms with Crippen LogP contribution in [0.5, 0.6) is 0 Å². The van der Waals surface area contributed by atoms with Gasteiger partial charge in [0.2, 0.25) is 5.91 Å². The van der Waals surface area contributed by atoms with Gasteiger partial charge in [-0.15, -0.1) is 0 Å². The minimum absolute atomic E-state index is 0.0435. The summed E-state index contributed by atoms with van der Waals surface area (Å²) in [6.45, 7) is 2.83. The summed E-state index contributed by atoms with van der Waals surface area (Å²) in [7, 11) is 0. The van der Waals surface area contributed by atoms with Crippen LogP contribution in [0.2, 0.25) is 0 Å². The first-order chi connectivity index (χ1) is 8.22. The first-order valence-corrected chi connectivity index (χ1v) is 6.26. The standard InChI is InChI=1S/C12H21NO4/c1-2-16-12(15)9-13-11(14)7-6-10-5-3-4-8-17-10/h10H,2-9H2,1H3,(H,13,14). The Morgan fingerprint density at radius 2 is 2.24 bits per heavy atom. The number of amides is 1. The summed E-state index contributed by atoms with van der Waals surface area (Å²) in [5, 5.41) is 2.54. The van der Waals surface area contributed by atoms with Crippen molar-refractivity contribution in [3.05, 3.63) is 0 Å². The van der Waals surface area contributed by atoms with E-state index in [1.54, 1.807) is 6.92 Å². The molecule has 98 valence electrons. The first-order valence-electron chi connectivity index (χ1n) is 6.26. The summed E-state index contributed by atoms with van der Waals surface area (Å²) in [6, 6.07) is 0. The average molecular weight is 243 g/mol. The van der Waals surface area contributed by atoms with Gasteiger partial charge in [0.25, 0.3) is 0 Å². The molecule has 5 heteroatoms. The van der Waals surface area contributed by atoms with Crippen LogP contribution < -0.4 is 5.32 Å². The third kappa shape index (κ3) is 6.26. The zero-order chi connectivity index (χ0) is 12.5. The minimum Gasteiger partial charge on any atom is -0.465 e. The maximum Gasteiger partial charge on any atom is 0.325 e. The quantitative estimate of drug-likeness (QED) is 0.707. The van der Waals surface area contributed by atoms with E-state index >= 15 is 0 Å². The van der Waals surface area contributed by atoms with E-state index in [1.807, 2.05) is 0 Å². The number of esters is 1. The lowest BCUT2D eigenvalue weighted by Gasteiger charge is -2.22. The number of nitrogens with one attached hydrogen (secondary N) is 1. The van der Waals surface area contributed by atoms with E-state index in [0.717, 1.165) is 25.9 Å². The Balaban J connectivity index is 2.06. The van der Waals surface area contributed by atoms with Crippen molar-refractivity contribution >= 4 is 11.9 Å². The van der Waals surface area contributed by atoms with Gasteiger partial charge in [0.1, 0.15) is 6.54 Å². The fourth-order valence-corrected chi connectivity index (χ4v) is 1.80. The summed E-state index contributed by atoms with van der Waals surface area (Å²) < 4.78 is 10.2. The molecule has 5 nitrogen and oxygen atoms in total. The molecule has 1 atom stereocenters. The van der Waals surface area contributed by atoms with E-state index in [2.05, 4.69) is 5.32 Å². The third-order valence-corrected chi connectivity index (χ3v) is 2.70. The van der Waals surface area contributed by atoms with Crippen molar-refractivity contribution in [2.75, 3.05) is 19.8 Å². The highest BCUT2D eigenvalue weighted by Crippen LogP contribution is 2.16. The van der Waals surface area contributed by atoms with Gasteiger partial charge in [0.05, 0.1) is 12.7 Å². The monoisotopic (exact) mass is 243 g/mol. The first kappa shape index (κ1) is 14.0. The van der Waals surface area contributed by atoms with Gasteiger partial charge >= 0.3 is 5.97 Å². The Hall–Kier alpha value is -1.10. The molecule has 17 heavy (non-hydrogen) atoms. The lowest BCUT2D eigenvalue weighted by molar-refractivity contribution is -0.143. The highest BCUT2D eigenvalue weighted by Gasteiger charge is 2.15. The molecular weight excluding hydrogens is 222 g/mol. The topological polar surface area (TPSA) is 64.6 Å². The van der Waals surface area contributed by atoms with Crippen LogP contribution >= 0.6 is 0 Å². The van der Waals surface area contributed by atoms with Gasteiger partial charge in [-0.25, -0.2) is 0 Å². The number of carbonyl (C=O) groups excluding carboxylic acids is 2. The lowest BCUT2D eigenvalue weighted by Crippen LogP contribution is -2.31. The Labute approximate surface area is 102 Å². The van der Waals surface area contributed by atoms with Gasteiger partial charge < -0.3 is 14.8 Å². The van der Waals surface area contributed by atoms with Crippen molar-refractivity contribution in [3.63, 3.8) is 0 Å². The smallest absolute Gasteiger partial charge is 0.325 e. The van der Waals surface area contributed by atoms with Crippen molar-refractivity contribution in [2.45, 2.75) is 45.1 Å². The molecule has 0 aliphatic carbocycles. The van der Waals surface area contributed by atoms with Gasteiger partial charge in [0, 0.05) is 13.0 Å². The van der Waals surface area contributed by atoms with E-state index in [1.165, 1.54) is 6.42 Å². The lowest BCUT2D eigenvalue weighted by atomic mass is 10.0. The average Bonchev–Trinajstić information content (AvgIpc) is 2.35. The predicted molar refractivity (Wildman–Crippen MR) is 62.5 cm³/mol. The van der Waals surface area contributed by atoms with Crippen LogP contribution in [0.15, 0.2) is 0 Å². The maximum absolute atomic E-state index is 11.4. The fraction of sp³-hybridized carbons (Fsp3) is 0.833. The number of ether oxygens (including phenoxy) is 2. The van der Waals surface area contributed by atoms with Crippen molar-refractivity contribution in [1.29, 1.82) is 0 Å². The van der Waals surface area contributed by atoms with Crippen molar-refractivity contribution < 1.29 is 19.1 Å². The van der Waals surface area contributed by atoms with Gasteiger partial charge in [-0.3, -0.25) is 9.59 Å². The van der Waals surface area contributed by atoms with Crippen molar-refractivity contribution in [2.24, 2.45) is 0 Å². The molecule has 0 saturated carbocycles. The van der Waals surface area contributed by atoms with Crippen LogP contribution in [-0.2, 0) is 19.1 Å². The Bertz CT molecular complexity index is 249. The van der Waals surface area contributed by atoms with E-state index < -0.39 is 5.97 Å². The maximum atomic E-state index is 11.4. The second-order valence-corrected chi connectivity index (χ2v) is 4.11. The molecular formula is C12H21NO4. The second kappa shape index (κ2) is 8.06. The SMILES string of the molecule is CCOC(=O)CNC(=O)CCC1CCCCO1. The molecule has 1 unspecified atom stereocenters. The van der Waals surface area contributed by atoms with Crippen LogP contribution in [0.3, 0.4) is 0 Å². The van der Waals surface area contributed by atoms with Crippen molar-refractivity contribution in [3.8, 4) is 0 Å². The number of rotatable bonds is 6. The molecule has 0 aromatic rings. The summed E-state index contributed by atoms with van der Waals surface area (Å²) >= 11 is 0. The van der Waals surface area contributed by atoms with E-state index in [0.29, 0.717) is 13.0 Å². The second-order valence-electron chi connectivity index (χ2n) is 4.11. The van der Waals surface area contributed by atoms with E-state index in [9.17, 15) is 9.59 Å². The number of carbonyl (C=O) groups is 2. The number of hydrogen-bond donors (Lipinski definition) is 1. The van der Waals surface area contributed by atoms with Crippen LogP contribution in [0.1, 0.15) is 39.0 Å². The van der Waals surface area contributed by atoms with Crippen LogP contribution in [0.25, 0.3) is 0 Å². The normalized spacial score (nSPS) is 19.7. The Kier molecular flexibility index (Phi) is 6.62. The molecule has 1 saturated heterocycles. The molecule has 0 aromatic heterocycles. The van der Waals surface area contributed by atoms with Crippen molar-refractivity contribution in [1.82, 2.24) is 5.32 Å². The molecule has 1 aliphatic rings. The van der Waals surface area contributed by atoms with Gasteiger partial charge in [0.15, 0.2) is 0 Å². The van der Waals surface area contributed by atoms with Gasteiger partial charge in [-0.1, -0.05) is 0 Å². The molecule has 0 spiro atoms. The van der Waals surface area contributed by atoms with E-state index in [-0.39, 0.29) is 18.6 Å². The largest absolute Gasteiger partial charge is 0.465 e. The molecule has 1 amide bonds. The summed E-state index contributed by atoms with van der Waals surface area (Å²) in [6.07, 6.45) is 4.67. The molecule has 0 radical (unpaired) electrons. The molecule has 1 rings (SSSR count). The predicted octanol–water partition coefficient (Wildman–Crippen LogP) is 1.01. The molecule has 1 fully saturated rings. The minimum atomic E-state index is -0.394. The van der Waals surface area contributed by atoms with Crippen LogP contribution in [0, 0.1) is 0 Å². The van der Waals surface area contributed by atoms with E-state index in [4.69, 9.17) is 9.47 Å². The molecule has 1 aliphatic heterocycles. The molecule has 1 N–H and O–H groups in total. The number of hydrogen-bond acceptors (Lipinski definition) is 4. The third-order valence-electron chi connectivity index (χ3n) is 2.70. The Morgan fingerprint density at radius 3 is 2.88 bits per heavy atom. The summed E-state index contributed by atoms with van der Waals surface area (Å²) in [4.78, 5) is 22.4.